The molecule has 0 N–H and O–H groups in total. The smallest absolute Gasteiger partial charge is 0.236 e. The molecule has 0 radical (unpaired) electrons. The summed E-state index contributed by atoms with van der Waals surface area (Å²) in [7, 11) is 0. The van der Waals surface area contributed by atoms with E-state index in [0.29, 0.717) is 30.3 Å². The largest absolute Gasteiger partial charge is 0.341 e. The van der Waals surface area contributed by atoms with E-state index < -0.39 is 0 Å². The topological polar surface area (TPSA) is 23.6 Å². The van der Waals surface area contributed by atoms with Crippen molar-refractivity contribution < 1.29 is 4.79 Å². The highest BCUT2D eigenvalue weighted by molar-refractivity contribution is 7.10. The Morgan fingerprint density at radius 2 is 2.10 bits per heavy atom. The highest BCUT2D eigenvalue weighted by atomic mass is 32.1. The number of nitrogens with zero attached hydrogens (tertiary/aromatic N) is 2. The van der Waals surface area contributed by atoms with E-state index in [4.69, 9.17) is 0 Å². The van der Waals surface area contributed by atoms with E-state index in [1.54, 1.807) is 0 Å². The second-order valence-electron chi connectivity index (χ2n) is 6.89. The van der Waals surface area contributed by atoms with Crippen LogP contribution in [-0.2, 0) is 4.79 Å². The van der Waals surface area contributed by atoms with Crippen molar-refractivity contribution in [3.05, 3.63) is 22.4 Å². The molecule has 2 aliphatic rings. The van der Waals surface area contributed by atoms with Crippen LogP contribution >= 0.6 is 11.3 Å². The maximum absolute atomic E-state index is 12.6. The summed E-state index contributed by atoms with van der Waals surface area (Å²) < 4.78 is 0. The van der Waals surface area contributed by atoms with Crippen molar-refractivity contribution in [2.75, 3.05) is 26.2 Å². The summed E-state index contributed by atoms with van der Waals surface area (Å²) in [5.41, 5.74) is 0. The average Bonchev–Trinajstić information content (AvgIpc) is 3.07. The van der Waals surface area contributed by atoms with E-state index in [1.165, 1.54) is 24.1 Å². The van der Waals surface area contributed by atoms with Gasteiger partial charge in [-0.05, 0) is 49.1 Å². The molecule has 3 atom stereocenters. The van der Waals surface area contributed by atoms with Gasteiger partial charge in [0.1, 0.15) is 0 Å². The predicted molar refractivity (Wildman–Crippen MR) is 87.4 cm³/mol. The monoisotopic (exact) mass is 306 g/mol. The van der Waals surface area contributed by atoms with Crippen LogP contribution in [0.15, 0.2) is 17.5 Å². The molecule has 3 rings (SSSR count). The Kier molecular flexibility index (Phi) is 4.65. The number of hydrogen-bond donors (Lipinski definition) is 0. The fourth-order valence-electron chi connectivity index (χ4n) is 3.96. The molecule has 0 spiro atoms. The van der Waals surface area contributed by atoms with Gasteiger partial charge in [0.2, 0.25) is 5.91 Å². The standard InChI is InChI=1S/C17H26N2OS/c1-13-9-14(2)11-19(10-13)17(20)12-18-7-3-5-15(18)16-6-4-8-21-16/h4,6,8,13-15H,3,5,7,9-12H2,1-2H3/t13-,14-,15-/m1/s1. The van der Waals surface area contributed by atoms with Crippen LogP contribution in [0.2, 0.25) is 0 Å². The molecule has 1 aromatic heterocycles. The molecule has 0 unspecified atom stereocenters. The number of carbonyl (C=O) groups is 1. The lowest BCUT2D eigenvalue weighted by molar-refractivity contribution is -0.135. The van der Waals surface area contributed by atoms with Gasteiger partial charge in [0.25, 0.3) is 0 Å². The Bertz CT molecular complexity index is 463. The molecule has 1 aromatic rings. The molecule has 2 fully saturated rings. The lowest BCUT2D eigenvalue weighted by atomic mass is 9.92. The van der Waals surface area contributed by atoms with Gasteiger partial charge in [-0.25, -0.2) is 0 Å². The van der Waals surface area contributed by atoms with Crippen molar-refractivity contribution in [1.29, 1.82) is 0 Å². The lowest BCUT2D eigenvalue weighted by Crippen LogP contribution is -2.46. The molecule has 0 bridgehead atoms. The summed E-state index contributed by atoms with van der Waals surface area (Å²) in [6, 6.07) is 4.80. The first-order valence-corrected chi connectivity index (χ1v) is 9.06. The molecule has 1 amide bonds. The first-order chi connectivity index (χ1) is 10.1. The van der Waals surface area contributed by atoms with Crippen molar-refractivity contribution in [3.63, 3.8) is 0 Å². The zero-order valence-electron chi connectivity index (χ0n) is 13.1. The van der Waals surface area contributed by atoms with Crippen molar-refractivity contribution in [2.24, 2.45) is 11.8 Å². The van der Waals surface area contributed by atoms with E-state index in [9.17, 15) is 4.79 Å². The summed E-state index contributed by atoms with van der Waals surface area (Å²) >= 11 is 1.82. The number of amides is 1. The van der Waals surface area contributed by atoms with Crippen LogP contribution in [0.5, 0.6) is 0 Å². The van der Waals surface area contributed by atoms with E-state index in [1.807, 2.05) is 11.3 Å². The van der Waals surface area contributed by atoms with Crippen LogP contribution in [0, 0.1) is 11.8 Å². The Labute approximate surface area is 131 Å². The molecular weight excluding hydrogens is 280 g/mol. The van der Waals surface area contributed by atoms with Gasteiger partial charge >= 0.3 is 0 Å². The van der Waals surface area contributed by atoms with Gasteiger partial charge in [-0.2, -0.15) is 0 Å². The number of likely N-dealkylation sites (tertiary alicyclic amines) is 2. The van der Waals surface area contributed by atoms with Crippen molar-refractivity contribution in [2.45, 2.75) is 39.2 Å². The molecular formula is C17H26N2OS. The summed E-state index contributed by atoms with van der Waals surface area (Å²) in [4.78, 5) is 18.6. The lowest BCUT2D eigenvalue weighted by Gasteiger charge is -2.36. The maximum atomic E-state index is 12.6. The minimum atomic E-state index is 0.330. The van der Waals surface area contributed by atoms with E-state index in [2.05, 4.69) is 41.2 Å². The molecule has 0 aromatic carbocycles. The molecule has 0 saturated carbocycles. The molecule has 2 saturated heterocycles. The Balaban J connectivity index is 1.61. The fraction of sp³-hybridized carbons (Fsp3) is 0.706. The zero-order valence-corrected chi connectivity index (χ0v) is 13.9. The molecule has 116 valence electrons. The average molecular weight is 306 g/mol. The summed E-state index contributed by atoms with van der Waals surface area (Å²) in [5, 5.41) is 2.14. The van der Waals surface area contributed by atoms with Crippen molar-refractivity contribution in [3.8, 4) is 0 Å². The van der Waals surface area contributed by atoms with Crippen LogP contribution in [0.1, 0.15) is 44.0 Å². The molecule has 3 heterocycles. The fourth-order valence-corrected chi connectivity index (χ4v) is 4.85. The SMILES string of the molecule is C[C@@H]1C[C@@H](C)CN(C(=O)CN2CCC[C@@H]2c2cccs2)C1. The van der Waals surface area contributed by atoms with Gasteiger partial charge in [-0.1, -0.05) is 19.9 Å². The second-order valence-corrected chi connectivity index (χ2v) is 7.87. The highest BCUT2D eigenvalue weighted by Crippen LogP contribution is 2.34. The Morgan fingerprint density at radius 1 is 1.33 bits per heavy atom. The molecule has 2 aliphatic heterocycles. The van der Waals surface area contributed by atoms with Crippen LogP contribution in [0.25, 0.3) is 0 Å². The molecule has 3 nitrogen and oxygen atoms in total. The van der Waals surface area contributed by atoms with Crippen LogP contribution in [0.3, 0.4) is 0 Å². The number of piperidine rings is 1. The first kappa shape index (κ1) is 15.0. The number of carbonyl (C=O) groups excluding carboxylic acids is 1. The third-order valence-electron chi connectivity index (χ3n) is 4.80. The summed E-state index contributed by atoms with van der Waals surface area (Å²) in [5.74, 6) is 1.62. The highest BCUT2D eigenvalue weighted by Gasteiger charge is 2.31. The Hall–Kier alpha value is -0.870. The third-order valence-corrected chi connectivity index (χ3v) is 5.77. The van der Waals surface area contributed by atoms with Crippen LogP contribution < -0.4 is 0 Å². The van der Waals surface area contributed by atoms with Crippen molar-refractivity contribution >= 4 is 17.2 Å². The molecule has 21 heavy (non-hydrogen) atoms. The summed E-state index contributed by atoms with van der Waals surface area (Å²) in [6.07, 6.45) is 3.66. The minimum absolute atomic E-state index is 0.330. The van der Waals surface area contributed by atoms with Crippen molar-refractivity contribution in [1.82, 2.24) is 9.80 Å². The summed E-state index contributed by atoms with van der Waals surface area (Å²) in [6.45, 7) is 8.08. The normalized spacial score (nSPS) is 30.8. The maximum Gasteiger partial charge on any atom is 0.236 e. The quantitative estimate of drug-likeness (QED) is 0.854. The zero-order chi connectivity index (χ0) is 14.8. The Morgan fingerprint density at radius 3 is 2.76 bits per heavy atom. The van der Waals surface area contributed by atoms with E-state index in [0.717, 1.165) is 19.6 Å². The molecule has 0 aliphatic carbocycles. The van der Waals surface area contributed by atoms with Gasteiger partial charge < -0.3 is 4.90 Å². The third kappa shape index (κ3) is 3.49. The minimum Gasteiger partial charge on any atom is -0.341 e. The predicted octanol–water partition coefficient (Wildman–Crippen LogP) is 3.39. The van der Waals surface area contributed by atoms with Gasteiger partial charge in [0, 0.05) is 24.0 Å². The van der Waals surface area contributed by atoms with Crippen LogP contribution in [-0.4, -0.2) is 41.9 Å². The number of hydrogen-bond acceptors (Lipinski definition) is 3. The molecule has 4 heteroatoms. The van der Waals surface area contributed by atoms with E-state index >= 15 is 0 Å². The second kappa shape index (κ2) is 6.49. The van der Waals surface area contributed by atoms with Gasteiger partial charge in [0.05, 0.1) is 6.54 Å². The van der Waals surface area contributed by atoms with Crippen LogP contribution in [0.4, 0.5) is 0 Å². The first-order valence-electron chi connectivity index (χ1n) is 8.18. The number of rotatable bonds is 3. The van der Waals surface area contributed by atoms with Gasteiger partial charge in [-0.3, -0.25) is 9.69 Å². The number of thiophene rings is 1. The van der Waals surface area contributed by atoms with Gasteiger partial charge in [-0.15, -0.1) is 11.3 Å². The van der Waals surface area contributed by atoms with Gasteiger partial charge in [0.15, 0.2) is 0 Å². The van der Waals surface area contributed by atoms with E-state index in [-0.39, 0.29) is 0 Å².